The largest absolute Gasteiger partial charge is 0.465 e. The van der Waals surface area contributed by atoms with Crippen LogP contribution in [0.3, 0.4) is 0 Å². The van der Waals surface area contributed by atoms with Crippen molar-refractivity contribution < 1.29 is 9.53 Å². The smallest absolute Gasteiger partial charge is 0.337 e. The molecule has 0 fully saturated rings. The molecule has 0 aliphatic carbocycles. The van der Waals surface area contributed by atoms with E-state index in [0.29, 0.717) is 5.56 Å². The normalized spacial score (nSPS) is 11.1. The minimum absolute atomic E-state index is 0.329. The molecule has 4 nitrogen and oxygen atoms in total. The number of nitrogens with zero attached hydrogens (tertiary/aromatic N) is 2. The summed E-state index contributed by atoms with van der Waals surface area (Å²) in [5.74, 6) is -0.329. The van der Waals surface area contributed by atoms with Crippen LogP contribution in [0.2, 0.25) is 0 Å². The lowest BCUT2D eigenvalue weighted by atomic mass is 10.1. The highest BCUT2D eigenvalue weighted by molar-refractivity contribution is 5.89. The summed E-state index contributed by atoms with van der Waals surface area (Å²) >= 11 is 0. The highest BCUT2D eigenvalue weighted by Gasteiger charge is 2.11. The molecule has 0 radical (unpaired) electrons. The van der Waals surface area contributed by atoms with Crippen molar-refractivity contribution in [3.05, 3.63) is 82.7 Å². The van der Waals surface area contributed by atoms with Crippen LogP contribution in [-0.2, 0) is 11.2 Å². The fraction of sp³-hybridized carbons (Fsp3) is 0.217. The zero-order chi connectivity index (χ0) is 19.4. The van der Waals surface area contributed by atoms with Gasteiger partial charge in [-0.25, -0.2) is 4.79 Å². The van der Waals surface area contributed by atoms with Gasteiger partial charge in [-0.15, -0.1) is 0 Å². The maximum Gasteiger partial charge on any atom is 0.337 e. The zero-order valence-electron chi connectivity index (χ0n) is 16.2. The standard InChI is InChI=1S/C23H24N2O2/c1-5-18-6-10-21(11-7-18)24-15-20-14-16(2)25(17(20)3)22-12-8-19(9-13-22)23(26)27-4/h6-15H,5H2,1-4H3. The summed E-state index contributed by atoms with van der Waals surface area (Å²) < 4.78 is 6.91. The summed E-state index contributed by atoms with van der Waals surface area (Å²) in [6.45, 7) is 6.28. The Morgan fingerprint density at radius 3 is 2.33 bits per heavy atom. The molecule has 1 aromatic heterocycles. The van der Waals surface area contributed by atoms with E-state index in [1.54, 1.807) is 12.1 Å². The second-order valence-electron chi connectivity index (χ2n) is 6.48. The van der Waals surface area contributed by atoms with Gasteiger partial charge in [-0.1, -0.05) is 19.1 Å². The molecular formula is C23H24N2O2. The van der Waals surface area contributed by atoms with Gasteiger partial charge in [0.2, 0.25) is 0 Å². The van der Waals surface area contributed by atoms with Crippen LogP contribution >= 0.6 is 0 Å². The predicted molar refractivity (Wildman–Crippen MR) is 110 cm³/mol. The van der Waals surface area contributed by atoms with Crippen LogP contribution in [0.1, 0.15) is 39.8 Å². The number of hydrogen-bond donors (Lipinski definition) is 0. The molecule has 0 saturated heterocycles. The number of aliphatic imine (C=N–C) groups is 1. The number of hydrogen-bond acceptors (Lipinski definition) is 3. The van der Waals surface area contributed by atoms with Gasteiger partial charge in [-0.2, -0.15) is 0 Å². The molecule has 27 heavy (non-hydrogen) atoms. The quantitative estimate of drug-likeness (QED) is 0.464. The van der Waals surface area contributed by atoms with E-state index >= 15 is 0 Å². The van der Waals surface area contributed by atoms with E-state index in [9.17, 15) is 4.79 Å². The first-order chi connectivity index (χ1) is 13.0. The molecule has 3 aromatic rings. The molecule has 1 heterocycles. The Kier molecular flexibility index (Phi) is 5.55. The summed E-state index contributed by atoms with van der Waals surface area (Å²) in [7, 11) is 1.39. The summed E-state index contributed by atoms with van der Waals surface area (Å²) in [4.78, 5) is 16.2. The van der Waals surface area contributed by atoms with E-state index in [0.717, 1.165) is 34.7 Å². The van der Waals surface area contributed by atoms with E-state index < -0.39 is 0 Å². The molecule has 3 rings (SSSR count). The minimum atomic E-state index is -0.329. The molecule has 0 amide bonds. The third kappa shape index (κ3) is 4.00. The number of carbonyl (C=O) groups excluding carboxylic acids is 1. The van der Waals surface area contributed by atoms with Crippen molar-refractivity contribution in [1.82, 2.24) is 4.57 Å². The highest BCUT2D eigenvalue weighted by atomic mass is 16.5. The average molecular weight is 360 g/mol. The predicted octanol–water partition coefficient (Wildman–Crippen LogP) is 5.19. The summed E-state index contributed by atoms with van der Waals surface area (Å²) in [6, 6.07) is 17.8. The molecule has 0 aliphatic rings. The van der Waals surface area contributed by atoms with Crippen molar-refractivity contribution in [2.24, 2.45) is 4.99 Å². The van der Waals surface area contributed by atoms with E-state index in [1.807, 2.05) is 30.5 Å². The molecule has 2 aromatic carbocycles. The Labute approximate surface area is 160 Å². The van der Waals surface area contributed by atoms with Gasteiger partial charge in [0, 0.05) is 28.9 Å². The van der Waals surface area contributed by atoms with Gasteiger partial charge in [-0.05, 0) is 68.3 Å². The van der Waals surface area contributed by atoms with E-state index in [1.165, 1.54) is 12.7 Å². The Balaban J connectivity index is 1.87. The first-order valence-electron chi connectivity index (χ1n) is 9.04. The van der Waals surface area contributed by atoms with Gasteiger partial charge in [0.05, 0.1) is 18.4 Å². The Bertz CT molecular complexity index is 965. The number of carbonyl (C=O) groups is 1. The lowest BCUT2D eigenvalue weighted by molar-refractivity contribution is 0.0601. The van der Waals surface area contributed by atoms with Crippen molar-refractivity contribution in [3.8, 4) is 5.69 Å². The summed E-state index contributed by atoms with van der Waals surface area (Å²) in [5.41, 5.74) is 7.09. The van der Waals surface area contributed by atoms with E-state index in [-0.39, 0.29) is 5.97 Å². The monoisotopic (exact) mass is 360 g/mol. The maximum atomic E-state index is 11.6. The molecular weight excluding hydrogens is 336 g/mol. The lowest BCUT2D eigenvalue weighted by Crippen LogP contribution is -2.03. The lowest BCUT2D eigenvalue weighted by Gasteiger charge is -2.10. The highest BCUT2D eigenvalue weighted by Crippen LogP contribution is 2.21. The second kappa shape index (κ2) is 8.04. The van der Waals surface area contributed by atoms with Crippen LogP contribution in [0.15, 0.2) is 59.6 Å². The zero-order valence-corrected chi connectivity index (χ0v) is 16.2. The second-order valence-corrected chi connectivity index (χ2v) is 6.48. The van der Waals surface area contributed by atoms with E-state index in [4.69, 9.17) is 4.74 Å². The number of benzene rings is 2. The van der Waals surface area contributed by atoms with Gasteiger partial charge in [0.15, 0.2) is 0 Å². The van der Waals surface area contributed by atoms with Gasteiger partial charge in [-0.3, -0.25) is 4.99 Å². The molecule has 138 valence electrons. The van der Waals surface area contributed by atoms with Crippen LogP contribution in [0.4, 0.5) is 5.69 Å². The van der Waals surface area contributed by atoms with Gasteiger partial charge < -0.3 is 9.30 Å². The number of methoxy groups -OCH3 is 1. The molecule has 0 saturated carbocycles. The van der Waals surface area contributed by atoms with Crippen LogP contribution in [-0.4, -0.2) is 23.9 Å². The third-order valence-corrected chi connectivity index (χ3v) is 4.71. The first-order valence-corrected chi connectivity index (χ1v) is 9.04. The third-order valence-electron chi connectivity index (χ3n) is 4.71. The van der Waals surface area contributed by atoms with Gasteiger partial charge in [0.1, 0.15) is 0 Å². The number of aromatic nitrogens is 1. The maximum absolute atomic E-state index is 11.6. The van der Waals surface area contributed by atoms with Crippen molar-refractivity contribution in [2.45, 2.75) is 27.2 Å². The van der Waals surface area contributed by atoms with E-state index in [2.05, 4.69) is 48.5 Å². The van der Waals surface area contributed by atoms with Crippen molar-refractivity contribution in [1.29, 1.82) is 0 Å². The molecule has 0 atom stereocenters. The Morgan fingerprint density at radius 1 is 1.07 bits per heavy atom. The summed E-state index contributed by atoms with van der Waals surface area (Å²) in [6.07, 6.45) is 2.93. The molecule has 0 spiro atoms. The topological polar surface area (TPSA) is 43.6 Å². The number of ether oxygens (including phenoxy) is 1. The van der Waals surface area contributed by atoms with Crippen LogP contribution in [0.25, 0.3) is 5.69 Å². The number of esters is 1. The van der Waals surface area contributed by atoms with Crippen molar-refractivity contribution in [3.63, 3.8) is 0 Å². The summed E-state index contributed by atoms with van der Waals surface area (Å²) in [5, 5.41) is 0. The fourth-order valence-corrected chi connectivity index (χ4v) is 3.14. The molecule has 0 N–H and O–H groups in total. The Hall–Kier alpha value is -3.14. The molecule has 0 unspecified atom stereocenters. The Morgan fingerprint density at radius 2 is 1.74 bits per heavy atom. The van der Waals surface area contributed by atoms with Crippen LogP contribution < -0.4 is 0 Å². The van der Waals surface area contributed by atoms with Crippen LogP contribution in [0, 0.1) is 13.8 Å². The molecule has 4 heteroatoms. The fourth-order valence-electron chi connectivity index (χ4n) is 3.14. The first kappa shape index (κ1) is 18.6. The van der Waals surface area contributed by atoms with Gasteiger partial charge in [0.25, 0.3) is 0 Å². The number of aryl methyl sites for hydroxylation is 2. The average Bonchev–Trinajstić information content (AvgIpc) is 2.99. The number of rotatable bonds is 5. The minimum Gasteiger partial charge on any atom is -0.465 e. The van der Waals surface area contributed by atoms with Gasteiger partial charge >= 0.3 is 5.97 Å². The van der Waals surface area contributed by atoms with Crippen LogP contribution in [0.5, 0.6) is 0 Å². The molecule has 0 aliphatic heterocycles. The SMILES string of the molecule is CCc1ccc(N=Cc2cc(C)n(-c3ccc(C(=O)OC)cc3)c2C)cc1. The van der Waals surface area contributed by atoms with Crippen molar-refractivity contribution in [2.75, 3.05) is 7.11 Å². The van der Waals surface area contributed by atoms with Crippen molar-refractivity contribution >= 4 is 17.9 Å². The molecule has 0 bridgehead atoms.